The van der Waals surface area contributed by atoms with Crippen molar-refractivity contribution in [1.82, 2.24) is 25.1 Å². The molecule has 0 aliphatic carbocycles. The van der Waals surface area contributed by atoms with E-state index in [0.29, 0.717) is 22.7 Å². The van der Waals surface area contributed by atoms with E-state index in [-0.39, 0.29) is 11.9 Å². The highest BCUT2D eigenvalue weighted by atomic mass is 32.2. The van der Waals surface area contributed by atoms with Gasteiger partial charge in [0.15, 0.2) is 0 Å². The molecule has 0 bridgehead atoms. The van der Waals surface area contributed by atoms with E-state index in [1.165, 1.54) is 11.8 Å². The van der Waals surface area contributed by atoms with Gasteiger partial charge in [0.1, 0.15) is 5.82 Å². The third kappa shape index (κ3) is 3.14. The zero-order chi connectivity index (χ0) is 15.5. The Morgan fingerprint density at radius 3 is 2.50 bits per heavy atom. The van der Waals surface area contributed by atoms with Crippen molar-refractivity contribution in [3.63, 3.8) is 0 Å². The molecular formula is C13H13N7OS. The first-order chi connectivity index (χ1) is 10.6. The maximum Gasteiger partial charge on any atom is 0.277 e. The Morgan fingerprint density at radius 2 is 1.77 bits per heavy atom. The summed E-state index contributed by atoms with van der Waals surface area (Å²) < 4.78 is 5.64. The molecule has 0 saturated carbocycles. The standard InChI is InChI=1S/C13H13N7OS/c1-7-4-2-3-5-8(7)10-19-20-13(21-10)22-6-9-16-11(14)18-12(15)17-9/h2-5H,6H2,1H3,(H4,14,15,16,17,18). The number of anilines is 2. The van der Waals surface area contributed by atoms with Gasteiger partial charge in [-0.3, -0.25) is 0 Å². The maximum atomic E-state index is 5.64. The lowest BCUT2D eigenvalue weighted by atomic mass is 10.1. The molecule has 0 unspecified atom stereocenters. The molecule has 0 saturated heterocycles. The van der Waals surface area contributed by atoms with Crippen LogP contribution in [-0.2, 0) is 5.75 Å². The van der Waals surface area contributed by atoms with Crippen LogP contribution in [0, 0.1) is 6.92 Å². The summed E-state index contributed by atoms with van der Waals surface area (Å²) in [5, 5.41) is 8.49. The van der Waals surface area contributed by atoms with E-state index < -0.39 is 0 Å². The summed E-state index contributed by atoms with van der Waals surface area (Å²) in [6.07, 6.45) is 0. The van der Waals surface area contributed by atoms with E-state index in [4.69, 9.17) is 15.9 Å². The molecule has 22 heavy (non-hydrogen) atoms. The summed E-state index contributed by atoms with van der Waals surface area (Å²) in [5.74, 6) is 1.54. The Morgan fingerprint density at radius 1 is 1.05 bits per heavy atom. The fraction of sp³-hybridized carbons (Fsp3) is 0.154. The number of nitrogen functional groups attached to an aromatic ring is 2. The van der Waals surface area contributed by atoms with Gasteiger partial charge in [0.2, 0.25) is 17.8 Å². The summed E-state index contributed by atoms with van der Waals surface area (Å²) in [6.45, 7) is 1.99. The first-order valence-corrected chi connectivity index (χ1v) is 7.38. The highest BCUT2D eigenvalue weighted by molar-refractivity contribution is 7.98. The Labute approximate surface area is 130 Å². The summed E-state index contributed by atoms with van der Waals surface area (Å²) >= 11 is 1.31. The average Bonchev–Trinajstić information content (AvgIpc) is 2.93. The van der Waals surface area contributed by atoms with Crippen LogP contribution in [0.2, 0.25) is 0 Å². The van der Waals surface area contributed by atoms with Crippen LogP contribution in [0.4, 0.5) is 11.9 Å². The molecule has 2 aromatic heterocycles. The number of thioether (sulfide) groups is 1. The van der Waals surface area contributed by atoms with Gasteiger partial charge in [-0.1, -0.05) is 30.0 Å². The van der Waals surface area contributed by atoms with Crippen LogP contribution >= 0.6 is 11.8 Å². The molecule has 4 N–H and O–H groups in total. The van der Waals surface area contributed by atoms with Crippen LogP contribution in [0.15, 0.2) is 33.9 Å². The number of benzene rings is 1. The summed E-state index contributed by atoms with van der Waals surface area (Å²) in [7, 11) is 0. The van der Waals surface area contributed by atoms with Crippen molar-refractivity contribution < 1.29 is 4.42 Å². The van der Waals surface area contributed by atoms with Crippen LogP contribution in [0.3, 0.4) is 0 Å². The van der Waals surface area contributed by atoms with Crippen molar-refractivity contribution in [1.29, 1.82) is 0 Å². The molecule has 0 amide bonds. The Bertz CT molecular complexity index is 784. The van der Waals surface area contributed by atoms with Gasteiger partial charge in [0, 0.05) is 5.56 Å². The second kappa shape index (κ2) is 5.98. The second-order valence-electron chi connectivity index (χ2n) is 4.44. The second-order valence-corrected chi connectivity index (χ2v) is 5.37. The Kier molecular flexibility index (Phi) is 3.88. The van der Waals surface area contributed by atoms with Crippen LogP contribution in [0.25, 0.3) is 11.5 Å². The predicted octanol–water partition coefficient (Wildman–Crippen LogP) is 1.69. The quantitative estimate of drug-likeness (QED) is 0.690. The number of rotatable bonds is 4. The lowest BCUT2D eigenvalue weighted by Crippen LogP contribution is -2.05. The maximum absolute atomic E-state index is 5.64. The zero-order valence-corrected chi connectivity index (χ0v) is 12.5. The van der Waals surface area contributed by atoms with Crippen LogP contribution in [-0.4, -0.2) is 25.1 Å². The summed E-state index contributed by atoms with van der Waals surface area (Å²) in [6, 6.07) is 7.81. The number of hydrogen-bond acceptors (Lipinski definition) is 9. The Hall–Kier alpha value is -2.68. The van der Waals surface area contributed by atoms with Crippen LogP contribution in [0.5, 0.6) is 0 Å². The van der Waals surface area contributed by atoms with Gasteiger partial charge in [-0.05, 0) is 18.6 Å². The highest BCUT2D eigenvalue weighted by Gasteiger charge is 2.12. The molecule has 1 aromatic carbocycles. The van der Waals surface area contributed by atoms with E-state index in [2.05, 4.69) is 25.1 Å². The molecule has 0 atom stereocenters. The van der Waals surface area contributed by atoms with E-state index >= 15 is 0 Å². The number of nitrogens with two attached hydrogens (primary N) is 2. The fourth-order valence-corrected chi connectivity index (χ4v) is 2.46. The minimum atomic E-state index is 0.0919. The monoisotopic (exact) mass is 315 g/mol. The third-order valence-electron chi connectivity index (χ3n) is 2.82. The third-order valence-corrected chi connectivity index (χ3v) is 3.64. The number of nitrogens with zero attached hydrogens (tertiary/aromatic N) is 5. The fourth-order valence-electron chi connectivity index (χ4n) is 1.84. The van der Waals surface area contributed by atoms with Gasteiger partial charge in [-0.15, -0.1) is 10.2 Å². The van der Waals surface area contributed by atoms with Gasteiger partial charge >= 0.3 is 0 Å². The highest BCUT2D eigenvalue weighted by Crippen LogP contribution is 2.26. The summed E-state index contributed by atoms with van der Waals surface area (Å²) in [4.78, 5) is 11.7. The first kappa shape index (κ1) is 14.3. The predicted molar refractivity (Wildman–Crippen MR) is 82.7 cm³/mol. The number of aryl methyl sites for hydroxylation is 1. The van der Waals surface area contributed by atoms with Crippen molar-refractivity contribution >= 4 is 23.7 Å². The van der Waals surface area contributed by atoms with Crippen LogP contribution in [0.1, 0.15) is 11.4 Å². The largest absolute Gasteiger partial charge is 0.411 e. The smallest absolute Gasteiger partial charge is 0.277 e. The van der Waals surface area contributed by atoms with Gasteiger partial charge < -0.3 is 15.9 Å². The van der Waals surface area contributed by atoms with Gasteiger partial charge in [-0.2, -0.15) is 15.0 Å². The normalized spacial score (nSPS) is 10.8. The van der Waals surface area contributed by atoms with Crippen molar-refractivity contribution in [2.75, 3.05) is 11.5 Å². The summed E-state index contributed by atoms with van der Waals surface area (Å²) in [5.41, 5.74) is 13.0. The van der Waals surface area contributed by atoms with E-state index in [9.17, 15) is 0 Å². The minimum Gasteiger partial charge on any atom is -0.411 e. The molecular weight excluding hydrogens is 302 g/mol. The molecule has 0 spiro atoms. The van der Waals surface area contributed by atoms with Crippen molar-refractivity contribution in [3.05, 3.63) is 35.7 Å². The number of aromatic nitrogens is 5. The molecule has 9 heteroatoms. The molecule has 8 nitrogen and oxygen atoms in total. The van der Waals surface area contributed by atoms with E-state index in [0.717, 1.165) is 11.1 Å². The molecule has 0 fully saturated rings. The molecule has 3 aromatic rings. The van der Waals surface area contributed by atoms with Crippen molar-refractivity contribution in [3.8, 4) is 11.5 Å². The van der Waals surface area contributed by atoms with E-state index in [1.807, 2.05) is 31.2 Å². The van der Waals surface area contributed by atoms with Gasteiger partial charge in [0.05, 0.1) is 5.75 Å². The van der Waals surface area contributed by atoms with Crippen molar-refractivity contribution in [2.24, 2.45) is 0 Å². The number of hydrogen-bond donors (Lipinski definition) is 2. The topological polar surface area (TPSA) is 130 Å². The van der Waals surface area contributed by atoms with Gasteiger partial charge in [-0.25, -0.2) is 0 Å². The lowest BCUT2D eigenvalue weighted by Gasteiger charge is -2.00. The molecule has 3 rings (SSSR count). The SMILES string of the molecule is Cc1ccccc1-c1nnc(SCc2nc(N)nc(N)n2)o1. The molecule has 0 aliphatic heterocycles. The Balaban J connectivity index is 1.73. The first-order valence-electron chi connectivity index (χ1n) is 6.40. The molecule has 2 heterocycles. The molecule has 0 radical (unpaired) electrons. The van der Waals surface area contributed by atoms with Gasteiger partial charge in [0.25, 0.3) is 5.22 Å². The lowest BCUT2D eigenvalue weighted by molar-refractivity contribution is 0.465. The molecule has 112 valence electrons. The van der Waals surface area contributed by atoms with Crippen molar-refractivity contribution in [2.45, 2.75) is 17.9 Å². The van der Waals surface area contributed by atoms with E-state index in [1.54, 1.807) is 0 Å². The van der Waals surface area contributed by atoms with Crippen LogP contribution < -0.4 is 11.5 Å². The average molecular weight is 315 g/mol. The zero-order valence-electron chi connectivity index (χ0n) is 11.7. The minimum absolute atomic E-state index is 0.0919. The molecule has 0 aliphatic rings.